The van der Waals surface area contributed by atoms with Crippen molar-refractivity contribution in [2.45, 2.75) is 49.9 Å². The maximum Gasteiger partial charge on any atom is 0.231 e. The van der Waals surface area contributed by atoms with Gasteiger partial charge in [-0.2, -0.15) is 0 Å². The summed E-state index contributed by atoms with van der Waals surface area (Å²) in [5.74, 6) is 0.103. The van der Waals surface area contributed by atoms with Gasteiger partial charge in [0.2, 0.25) is 5.91 Å². The van der Waals surface area contributed by atoms with Crippen molar-refractivity contribution in [3.63, 3.8) is 0 Å². The van der Waals surface area contributed by atoms with Crippen molar-refractivity contribution < 1.29 is 4.79 Å². The summed E-state index contributed by atoms with van der Waals surface area (Å²) in [5.41, 5.74) is 0.411. The molecule has 1 aromatic rings. The van der Waals surface area contributed by atoms with E-state index in [1.807, 2.05) is 51.1 Å². The van der Waals surface area contributed by atoms with Gasteiger partial charge in [0.15, 0.2) is 0 Å². The topological polar surface area (TPSA) is 29.1 Å². The summed E-state index contributed by atoms with van der Waals surface area (Å²) in [5, 5.41) is 2.98. The minimum absolute atomic E-state index is 0.103. The van der Waals surface area contributed by atoms with Crippen molar-refractivity contribution in [3.05, 3.63) is 35.9 Å². The zero-order valence-electron chi connectivity index (χ0n) is 11.2. The van der Waals surface area contributed by atoms with Crippen molar-refractivity contribution in [2.24, 2.45) is 0 Å². The molecular formula is C15H20ClNO. The van der Waals surface area contributed by atoms with Crippen LogP contribution in [0.15, 0.2) is 30.3 Å². The van der Waals surface area contributed by atoms with E-state index >= 15 is 0 Å². The van der Waals surface area contributed by atoms with E-state index in [2.05, 4.69) is 5.32 Å². The van der Waals surface area contributed by atoms with Crippen LogP contribution in [-0.2, 0) is 10.2 Å². The first-order valence-electron chi connectivity index (χ1n) is 6.41. The van der Waals surface area contributed by atoms with Crippen LogP contribution in [0.1, 0.15) is 39.2 Å². The molecule has 0 aliphatic heterocycles. The fourth-order valence-corrected chi connectivity index (χ4v) is 2.10. The van der Waals surface area contributed by atoms with E-state index in [9.17, 15) is 4.79 Å². The van der Waals surface area contributed by atoms with E-state index in [1.54, 1.807) is 0 Å². The fraction of sp³-hybridized carbons (Fsp3) is 0.533. The highest BCUT2D eigenvalue weighted by atomic mass is 35.5. The minimum atomic E-state index is -0.386. The third kappa shape index (κ3) is 2.39. The van der Waals surface area contributed by atoms with Crippen LogP contribution in [-0.4, -0.2) is 16.8 Å². The molecule has 1 atom stereocenters. The number of hydrogen-bond acceptors (Lipinski definition) is 1. The lowest BCUT2D eigenvalue weighted by molar-refractivity contribution is -0.125. The first kappa shape index (κ1) is 13.4. The van der Waals surface area contributed by atoms with Gasteiger partial charge in [0.05, 0.1) is 16.3 Å². The Hall–Kier alpha value is -1.02. The molecule has 2 nitrogen and oxygen atoms in total. The molecule has 2 rings (SSSR count). The standard InChI is InChI=1S/C15H20ClNO/c1-11(16)14(2,3)17-13(18)15(9-10-15)12-7-5-4-6-8-12/h4-8,11H,9-10H2,1-3H3,(H,17,18). The molecule has 98 valence electrons. The average Bonchev–Trinajstić information content (AvgIpc) is 3.10. The maximum absolute atomic E-state index is 12.5. The summed E-state index contributed by atoms with van der Waals surface area (Å²) < 4.78 is 0. The number of halogens is 1. The van der Waals surface area contributed by atoms with Crippen LogP contribution in [0.4, 0.5) is 0 Å². The smallest absolute Gasteiger partial charge is 0.231 e. The van der Waals surface area contributed by atoms with Gasteiger partial charge in [0, 0.05) is 0 Å². The molecule has 18 heavy (non-hydrogen) atoms. The van der Waals surface area contributed by atoms with E-state index in [0.29, 0.717) is 0 Å². The van der Waals surface area contributed by atoms with Crippen LogP contribution in [0.5, 0.6) is 0 Å². The Morgan fingerprint density at radius 3 is 2.33 bits per heavy atom. The summed E-state index contributed by atoms with van der Waals surface area (Å²) in [6.07, 6.45) is 1.85. The SMILES string of the molecule is CC(Cl)C(C)(C)NC(=O)C1(c2ccccc2)CC1. The first-order chi connectivity index (χ1) is 8.38. The predicted molar refractivity (Wildman–Crippen MR) is 74.9 cm³/mol. The maximum atomic E-state index is 12.5. The predicted octanol–water partition coefficient (Wildman–Crippen LogP) is 3.24. The van der Waals surface area contributed by atoms with Crippen LogP contribution >= 0.6 is 11.6 Å². The second-order valence-corrected chi connectivity index (χ2v) is 6.39. The van der Waals surface area contributed by atoms with E-state index in [4.69, 9.17) is 11.6 Å². The zero-order chi connectivity index (χ0) is 13.4. The Balaban J connectivity index is 2.15. The molecule has 1 aromatic carbocycles. The Kier molecular flexibility index (Phi) is 3.41. The lowest BCUT2D eigenvalue weighted by atomic mass is 9.92. The van der Waals surface area contributed by atoms with Gasteiger partial charge in [0.25, 0.3) is 0 Å². The van der Waals surface area contributed by atoms with Crippen molar-refractivity contribution in [1.29, 1.82) is 0 Å². The van der Waals surface area contributed by atoms with E-state index in [1.165, 1.54) is 0 Å². The second-order valence-electron chi connectivity index (χ2n) is 5.74. The summed E-state index contributed by atoms with van der Waals surface area (Å²) >= 11 is 6.12. The highest BCUT2D eigenvalue weighted by Gasteiger charge is 2.52. The fourth-order valence-electron chi connectivity index (χ4n) is 2.04. The normalized spacial score (nSPS) is 19.1. The molecule has 0 bridgehead atoms. The van der Waals surface area contributed by atoms with Gasteiger partial charge < -0.3 is 5.32 Å². The number of hydrogen-bond donors (Lipinski definition) is 1. The van der Waals surface area contributed by atoms with Crippen molar-refractivity contribution >= 4 is 17.5 Å². The molecule has 0 spiro atoms. The average molecular weight is 266 g/mol. The summed E-state index contributed by atoms with van der Waals surface area (Å²) in [6.45, 7) is 5.83. The van der Waals surface area contributed by atoms with Crippen LogP contribution < -0.4 is 5.32 Å². The molecule has 1 aliphatic carbocycles. The van der Waals surface area contributed by atoms with Gasteiger partial charge in [0.1, 0.15) is 0 Å². The number of rotatable bonds is 4. The molecule has 0 saturated heterocycles. The van der Waals surface area contributed by atoms with Crippen molar-refractivity contribution in [3.8, 4) is 0 Å². The molecule has 1 unspecified atom stereocenters. The lowest BCUT2D eigenvalue weighted by Crippen LogP contribution is -2.52. The molecule has 3 heteroatoms. The Bertz CT molecular complexity index is 435. The zero-order valence-corrected chi connectivity index (χ0v) is 11.9. The summed E-state index contributed by atoms with van der Waals surface area (Å²) in [7, 11) is 0. The minimum Gasteiger partial charge on any atom is -0.349 e. The molecule has 1 N–H and O–H groups in total. The molecule has 0 aromatic heterocycles. The third-order valence-corrected chi connectivity index (χ3v) is 4.49. The number of benzene rings is 1. The second kappa shape index (κ2) is 4.58. The number of carbonyl (C=O) groups is 1. The Morgan fingerprint density at radius 2 is 1.89 bits per heavy atom. The molecule has 1 fully saturated rings. The molecule has 0 radical (unpaired) electrons. The van der Waals surface area contributed by atoms with Gasteiger partial charge in [-0.1, -0.05) is 30.3 Å². The first-order valence-corrected chi connectivity index (χ1v) is 6.84. The van der Waals surface area contributed by atoms with Crippen LogP contribution in [0.3, 0.4) is 0 Å². The van der Waals surface area contributed by atoms with Crippen molar-refractivity contribution in [2.75, 3.05) is 0 Å². The quantitative estimate of drug-likeness (QED) is 0.832. The number of carbonyl (C=O) groups excluding carboxylic acids is 1. The Labute approximate surface area is 114 Å². The van der Waals surface area contributed by atoms with E-state index < -0.39 is 0 Å². The highest BCUT2D eigenvalue weighted by molar-refractivity contribution is 6.21. The van der Waals surface area contributed by atoms with Crippen LogP contribution in [0.2, 0.25) is 0 Å². The summed E-state index contributed by atoms with van der Waals surface area (Å²) in [4.78, 5) is 12.5. The van der Waals surface area contributed by atoms with E-state index in [0.717, 1.165) is 18.4 Å². The number of nitrogens with one attached hydrogen (secondary N) is 1. The third-order valence-electron chi connectivity index (χ3n) is 3.94. The number of alkyl halides is 1. The molecule has 1 saturated carbocycles. The van der Waals surface area contributed by atoms with Gasteiger partial charge in [-0.05, 0) is 39.2 Å². The monoisotopic (exact) mass is 265 g/mol. The molecule has 0 heterocycles. The summed E-state index contributed by atoms with van der Waals surface area (Å²) in [6, 6.07) is 10.0. The number of amides is 1. The van der Waals surface area contributed by atoms with Gasteiger partial charge in [-0.25, -0.2) is 0 Å². The molecule has 1 aliphatic rings. The van der Waals surface area contributed by atoms with Crippen LogP contribution in [0, 0.1) is 0 Å². The van der Waals surface area contributed by atoms with Gasteiger partial charge >= 0.3 is 0 Å². The largest absolute Gasteiger partial charge is 0.349 e. The van der Waals surface area contributed by atoms with E-state index in [-0.39, 0.29) is 22.2 Å². The molecular weight excluding hydrogens is 246 g/mol. The Morgan fingerprint density at radius 1 is 1.33 bits per heavy atom. The van der Waals surface area contributed by atoms with Crippen LogP contribution in [0.25, 0.3) is 0 Å². The van der Waals surface area contributed by atoms with Crippen molar-refractivity contribution in [1.82, 2.24) is 5.32 Å². The highest BCUT2D eigenvalue weighted by Crippen LogP contribution is 2.48. The van der Waals surface area contributed by atoms with Gasteiger partial charge in [-0.15, -0.1) is 11.6 Å². The lowest BCUT2D eigenvalue weighted by Gasteiger charge is -2.31. The van der Waals surface area contributed by atoms with Gasteiger partial charge in [-0.3, -0.25) is 4.79 Å². The molecule has 1 amide bonds.